The Hall–Kier alpha value is -0.850. The molecule has 0 aromatic carbocycles. The van der Waals surface area contributed by atoms with Crippen molar-refractivity contribution in [1.29, 1.82) is 5.26 Å². The van der Waals surface area contributed by atoms with Gasteiger partial charge in [0.2, 0.25) is 0 Å². The molecule has 3 heteroatoms. The third-order valence-electron chi connectivity index (χ3n) is 1.60. The third-order valence-corrected chi connectivity index (χ3v) is 1.60. The Labute approximate surface area is 66.1 Å². The predicted molar refractivity (Wildman–Crippen MR) is 39.4 cm³/mol. The molecule has 0 aliphatic carbocycles. The Morgan fingerprint density at radius 1 is 1.55 bits per heavy atom. The molecule has 2 unspecified atom stereocenters. The molecular weight excluding hydrogens is 142 g/mol. The quantitative estimate of drug-likeness (QED) is 0.456. The van der Waals surface area contributed by atoms with Crippen LogP contribution in [0.5, 0.6) is 0 Å². The van der Waals surface area contributed by atoms with Gasteiger partial charge in [-0.15, -0.1) is 6.58 Å². The number of nitriles is 1. The van der Waals surface area contributed by atoms with Crippen LogP contribution in [0.25, 0.3) is 0 Å². The van der Waals surface area contributed by atoms with Gasteiger partial charge in [0.15, 0.2) is 0 Å². The zero-order valence-corrected chi connectivity index (χ0v) is 6.32. The minimum atomic E-state index is -0.0371. The molecule has 0 N–H and O–H groups in total. The van der Waals surface area contributed by atoms with Crippen molar-refractivity contribution in [3.63, 3.8) is 0 Å². The van der Waals surface area contributed by atoms with E-state index >= 15 is 0 Å². The molecule has 1 aliphatic heterocycles. The van der Waals surface area contributed by atoms with Crippen LogP contribution in [0.3, 0.4) is 0 Å². The molecule has 1 saturated heterocycles. The maximum atomic E-state index is 8.34. The molecule has 2 atom stereocenters. The van der Waals surface area contributed by atoms with Crippen LogP contribution >= 0.6 is 0 Å². The van der Waals surface area contributed by atoms with Crippen molar-refractivity contribution in [3.05, 3.63) is 12.7 Å². The molecule has 0 aromatic rings. The van der Waals surface area contributed by atoms with Crippen LogP contribution in [0, 0.1) is 11.3 Å². The first-order chi connectivity index (χ1) is 5.36. The van der Waals surface area contributed by atoms with Crippen LogP contribution in [0.15, 0.2) is 12.7 Å². The summed E-state index contributed by atoms with van der Waals surface area (Å²) in [5.74, 6) is 0. The molecule has 11 heavy (non-hydrogen) atoms. The highest BCUT2D eigenvalue weighted by Gasteiger charge is 2.25. The topological polar surface area (TPSA) is 42.2 Å². The first kappa shape index (κ1) is 8.25. The molecule has 1 heterocycles. The second-order valence-electron chi connectivity index (χ2n) is 2.56. The van der Waals surface area contributed by atoms with Gasteiger partial charge in [-0.05, 0) is 6.42 Å². The van der Waals surface area contributed by atoms with Gasteiger partial charge in [0.05, 0.1) is 18.6 Å². The van der Waals surface area contributed by atoms with Gasteiger partial charge in [-0.1, -0.05) is 6.08 Å². The molecule has 1 fully saturated rings. The summed E-state index contributed by atoms with van der Waals surface area (Å²) in [6.45, 7) is 3.59. The van der Waals surface area contributed by atoms with Crippen LogP contribution < -0.4 is 0 Å². The van der Waals surface area contributed by atoms with Crippen molar-refractivity contribution in [2.45, 2.75) is 31.5 Å². The molecular formula is C8H11NO2. The molecule has 1 rings (SSSR count). The molecule has 0 aromatic heterocycles. The van der Waals surface area contributed by atoms with E-state index in [2.05, 4.69) is 6.58 Å². The van der Waals surface area contributed by atoms with Crippen molar-refractivity contribution >= 4 is 0 Å². The first-order valence-electron chi connectivity index (χ1n) is 3.66. The normalized spacial score (nSPS) is 29.7. The average molecular weight is 153 g/mol. The van der Waals surface area contributed by atoms with Crippen molar-refractivity contribution in [1.82, 2.24) is 0 Å². The van der Waals surface area contributed by atoms with E-state index in [1.54, 1.807) is 6.08 Å². The fourth-order valence-corrected chi connectivity index (χ4v) is 1.07. The maximum absolute atomic E-state index is 8.34. The molecule has 1 aliphatic rings. The summed E-state index contributed by atoms with van der Waals surface area (Å²) >= 11 is 0. The summed E-state index contributed by atoms with van der Waals surface area (Å²) in [4.78, 5) is 9.82. The number of hydrogen-bond donors (Lipinski definition) is 0. The lowest BCUT2D eigenvalue weighted by Gasteiger charge is -1.98. The smallest absolute Gasteiger partial charge is 0.109 e. The van der Waals surface area contributed by atoms with Crippen LogP contribution in [0.1, 0.15) is 19.3 Å². The zero-order chi connectivity index (χ0) is 8.10. The van der Waals surface area contributed by atoms with Gasteiger partial charge in [-0.25, -0.2) is 9.78 Å². The van der Waals surface area contributed by atoms with E-state index in [0.717, 1.165) is 12.8 Å². The Balaban J connectivity index is 2.24. The van der Waals surface area contributed by atoms with Gasteiger partial charge < -0.3 is 0 Å². The van der Waals surface area contributed by atoms with E-state index in [0.29, 0.717) is 6.42 Å². The summed E-state index contributed by atoms with van der Waals surface area (Å²) < 4.78 is 0. The van der Waals surface area contributed by atoms with Crippen LogP contribution in [-0.4, -0.2) is 12.2 Å². The Kier molecular flexibility index (Phi) is 3.09. The molecule has 0 saturated carbocycles. The summed E-state index contributed by atoms with van der Waals surface area (Å²) in [5.41, 5.74) is 0. The lowest BCUT2D eigenvalue weighted by Crippen LogP contribution is -2.05. The Morgan fingerprint density at radius 2 is 2.27 bits per heavy atom. The van der Waals surface area contributed by atoms with Crippen LogP contribution in [0.4, 0.5) is 0 Å². The molecule has 0 radical (unpaired) electrons. The van der Waals surface area contributed by atoms with Gasteiger partial charge in [0.1, 0.15) is 6.10 Å². The highest BCUT2D eigenvalue weighted by atomic mass is 17.2. The maximum Gasteiger partial charge on any atom is 0.109 e. The third kappa shape index (κ3) is 2.34. The van der Waals surface area contributed by atoms with Gasteiger partial charge in [-0.3, -0.25) is 0 Å². The summed E-state index contributed by atoms with van der Waals surface area (Å²) in [5, 5.41) is 8.34. The van der Waals surface area contributed by atoms with Gasteiger partial charge in [0.25, 0.3) is 0 Å². The summed E-state index contributed by atoms with van der Waals surface area (Å²) in [7, 11) is 0. The second kappa shape index (κ2) is 4.12. The van der Waals surface area contributed by atoms with Gasteiger partial charge in [-0.2, -0.15) is 5.26 Å². The monoisotopic (exact) mass is 153 g/mol. The standard InChI is InChI=1S/C8H11NO2/c1-2-3-7-6-8(4-5-9)11-10-7/h2,7-8H,1,3-4,6H2. The Morgan fingerprint density at radius 3 is 2.91 bits per heavy atom. The molecule has 0 amide bonds. The van der Waals surface area contributed by atoms with E-state index < -0.39 is 0 Å². The number of rotatable bonds is 3. The minimum absolute atomic E-state index is 0.0371. The van der Waals surface area contributed by atoms with Crippen molar-refractivity contribution < 1.29 is 9.78 Å². The van der Waals surface area contributed by atoms with Crippen LogP contribution in [0.2, 0.25) is 0 Å². The summed E-state index contributed by atoms with van der Waals surface area (Å²) in [6.07, 6.45) is 3.87. The van der Waals surface area contributed by atoms with Crippen molar-refractivity contribution in [3.8, 4) is 6.07 Å². The fraction of sp³-hybridized carbons (Fsp3) is 0.625. The minimum Gasteiger partial charge on any atom is -0.233 e. The zero-order valence-electron chi connectivity index (χ0n) is 6.32. The van der Waals surface area contributed by atoms with E-state index in [4.69, 9.17) is 15.0 Å². The molecule has 3 nitrogen and oxygen atoms in total. The Bertz CT molecular complexity index is 173. The summed E-state index contributed by atoms with van der Waals surface area (Å²) in [6, 6.07) is 2.04. The van der Waals surface area contributed by atoms with Gasteiger partial charge in [0, 0.05) is 6.42 Å². The first-order valence-corrected chi connectivity index (χ1v) is 3.66. The van der Waals surface area contributed by atoms with Crippen LogP contribution in [-0.2, 0) is 9.78 Å². The average Bonchev–Trinajstić information content (AvgIpc) is 2.38. The molecule has 0 bridgehead atoms. The molecule has 0 spiro atoms. The second-order valence-corrected chi connectivity index (χ2v) is 2.56. The van der Waals surface area contributed by atoms with E-state index in [1.165, 1.54) is 0 Å². The van der Waals surface area contributed by atoms with E-state index in [9.17, 15) is 0 Å². The fourth-order valence-electron chi connectivity index (χ4n) is 1.07. The van der Waals surface area contributed by atoms with Crippen molar-refractivity contribution in [2.24, 2.45) is 0 Å². The largest absolute Gasteiger partial charge is 0.233 e. The van der Waals surface area contributed by atoms with E-state index in [1.807, 2.05) is 6.07 Å². The van der Waals surface area contributed by atoms with Gasteiger partial charge >= 0.3 is 0 Å². The van der Waals surface area contributed by atoms with E-state index in [-0.39, 0.29) is 12.2 Å². The highest BCUT2D eigenvalue weighted by molar-refractivity contribution is 4.83. The molecule has 60 valence electrons. The number of hydrogen-bond acceptors (Lipinski definition) is 3. The number of nitrogens with zero attached hydrogens (tertiary/aromatic N) is 1. The SMILES string of the molecule is C=CCC1CC(CC#N)OO1. The lowest BCUT2D eigenvalue weighted by atomic mass is 10.1. The predicted octanol–water partition coefficient (Wildman–Crippen LogP) is 1.57. The lowest BCUT2D eigenvalue weighted by molar-refractivity contribution is -0.294. The highest BCUT2D eigenvalue weighted by Crippen LogP contribution is 2.21. The van der Waals surface area contributed by atoms with Crippen molar-refractivity contribution in [2.75, 3.05) is 0 Å².